The molecule has 1 atom stereocenters. The Morgan fingerprint density at radius 2 is 1.97 bits per heavy atom. The van der Waals surface area contributed by atoms with Gasteiger partial charge < -0.3 is 20.1 Å². The molecule has 0 aromatic heterocycles. The smallest absolute Gasteiger partial charge is 0.338 e. The molecule has 0 saturated carbocycles. The van der Waals surface area contributed by atoms with Crippen LogP contribution in [0.1, 0.15) is 18.5 Å². The third kappa shape index (κ3) is 5.34. The number of hydrogen-bond donors (Lipinski definition) is 2. The minimum atomic E-state index is -0.876. The van der Waals surface area contributed by atoms with Crippen LogP contribution in [0.4, 0.5) is 10.5 Å². The van der Waals surface area contributed by atoms with Crippen molar-refractivity contribution >= 4 is 29.4 Å². The van der Waals surface area contributed by atoms with Crippen molar-refractivity contribution in [2.24, 2.45) is 0 Å². The Balaban J connectivity index is 1.97. The highest BCUT2D eigenvalue weighted by Gasteiger charge is 2.34. The number of nitrogens with zero attached hydrogens (tertiary/aromatic N) is 1. The second-order valence-electron chi connectivity index (χ2n) is 6.46. The first-order chi connectivity index (χ1) is 14.9. The maximum atomic E-state index is 12.8. The van der Waals surface area contributed by atoms with E-state index in [2.05, 4.69) is 10.6 Å². The first kappa shape index (κ1) is 22.2. The van der Waals surface area contributed by atoms with Crippen LogP contribution >= 0.6 is 11.8 Å². The highest BCUT2D eigenvalue weighted by Crippen LogP contribution is 2.32. The molecule has 2 aromatic carbocycles. The number of rotatable bonds is 8. The number of nitrogens with one attached hydrogen (secondary N) is 2. The van der Waals surface area contributed by atoms with Gasteiger partial charge in [0.2, 0.25) is 0 Å². The van der Waals surface area contributed by atoms with Crippen molar-refractivity contribution in [2.45, 2.75) is 17.9 Å². The Morgan fingerprint density at radius 1 is 1.23 bits per heavy atom. The third-order valence-electron chi connectivity index (χ3n) is 4.51. The second-order valence-corrected chi connectivity index (χ2v) is 7.51. The Labute approximate surface area is 183 Å². The number of urea groups is 1. The van der Waals surface area contributed by atoms with E-state index in [4.69, 9.17) is 9.47 Å². The largest absolute Gasteiger partial charge is 0.497 e. The lowest BCUT2D eigenvalue weighted by atomic mass is 9.95. The lowest BCUT2D eigenvalue weighted by Gasteiger charge is -2.29. The summed E-state index contributed by atoms with van der Waals surface area (Å²) >= 11 is 1.42. The summed E-state index contributed by atoms with van der Waals surface area (Å²) in [6, 6.07) is 11.8. The minimum absolute atomic E-state index is 0.136. The highest BCUT2D eigenvalue weighted by atomic mass is 32.2. The van der Waals surface area contributed by atoms with Gasteiger partial charge in [-0.15, -0.1) is 11.8 Å². The molecule has 1 aliphatic rings. The van der Waals surface area contributed by atoms with E-state index in [9.17, 15) is 19.7 Å². The summed E-state index contributed by atoms with van der Waals surface area (Å²) in [4.78, 5) is 36.7. The molecule has 3 rings (SSSR count). The van der Waals surface area contributed by atoms with Crippen LogP contribution in [0.5, 0.6) is 5.75 Å². The summed E-state index contributed by atoms with van der Waals surface area (Å²) < 4.78 is 10.4. The molecular weight excluding hydrogens is 422 g/mol. The normalized spacial score (nSPS) is 15.7. The van der Waals surface area contributed by atoms with Gasteiger partial charge in [0.15, 0.2) is 0 Å². The zero-order valence-corrected chi connectivity index (χ0v) is 17.7. The Bertz CT molecular complexity index is 1020. The maximum absolute atomic E-state index is 12.8. The van der Waals surface area contributed by atoms with Crippen LogP contribution in [-0.4, -0.2) is 36.4 Å². The number of benzene rings is 2. The number of carbonyl (C=O) groups excluding carboxylic acids is 2. The topological polar surface area (TPSA) is 120 Å². The molecule has 0 radical (unpaired) electrons. The molecule has 10 heteroatoms. The van der Waals surface area contributed by atoms with E-state index in [0.717, 1.165) is 10.6 Å². The first-order valence-corrected chi connectivity index (χ1v) is 10.4. The van der Waals surface area contributed by atoms with Crippen LogP contribution in [0.2, 0.25) is 0 Å². The third-order valence-corrected chi connectivity index (χ3v) is 5.54. The average molecular weight is 443 g/mol. The molecule has 0 bridgehead atoms. The first-order valence-electron chi connectivity index (χ1n) is 9.41. The number of thioether (sulfide) groups is 1. The quantitative estimate of drug-likeness (QED) is 0.277. The molecule has 31 heavy (non-hydrogen) atoms. The van der Waals surface area contributed by atoms with Crippen molar-refractivity contribution < 1.29 is 24.0 Å². The van der Waals surface area contributed by atoms with Gasteiger partial charge in [0.1, 0.15) is 5.75 Å². The summed E-state index contributed by atoms with van der Waals surface area (Å²) in [6.07, 6.45) is 0. The van der Waals surface area contributed by atoms with Crippen molar-refractivity contribution in [1.29, 1.82) is 0 Å². The maximum Gasteiger partial charge on any atom is 0.338 e. The fourth-order valence-corrected chi connectivity index (χ4v) is 3.94. The molecule has 0 fully saturated rings. The van der Waals surface area contributed by atoms with Crippen LogP contribution in [0.3, 0.4) is 0 Å². The number of ether oxygens (including phenoxy) is 2. The van der Waals surface area contributed by atoms with Crippen molar-refractivity contribution in [2.75, 3.05) is 19.5 Å². The molecule has 1 aliphatic heterocycles. The fraction of sp³-hybridized carbons (Fsp3) is 0.238. The zero-order valence-electron chi connectivity index (χ0n) is 16.9. The Morgan fingerprint density at radius 3 is 2.61 bits per heavy atom. The SMILES string of the molecule is CCOC(=O)C1=C(CSc2ccc(OC)cc2)NC(=O)N[C@H]1c1cccc([N+](=O)[O-])c1. The number of non-ortho nitro benzene ring substituents is 1. The monoisotopic (exact) mass is 443 g/mol. The summed E-state index contributed by atoms with van der Waals surface area (Å²) in [5, 5.41) is 16.5. The molecule has 0 unspecified atom stereocenters. The van der Waals surface area contributed by atoms with Gasteiger partial charge in [-0.3, -0.25) is 10.1 Å². The van der Waals surface area contributed by atoms with E-state index < -0.39 is 23.0 Å². The van der Waals surface area contributed by atoms with Crippen LogP contribution < -0.4 is 15.4 Å². The van der Waals surface area contributed by atoms with Gasteiger partial charge in [-0.2, -0.15) is 0 Å². The average Bonchev–Trinajstić information content (AvgIpc) is 2.77. The number of hydrogen-bond acceptors (Lipinski definition) is 7. The molecule has 2 N–H and O–H groups in total. The molecule has 0 spiro atoms. The summed E-state index contributed by atoms with van der Waals surface area (Å²) in [5.41, 5.74) is 0.879. The predicted molar refractivity (Wildman–Crippen MR) is 115 cm³/mol. The molecule has 9 nitrogen and oxygen atoms in total. The van der Waals surface area contributed by atoms with Gasteiger partial charge in [-0.1, -0.05) is 12.1 Å². The van der Waals surface area contributed by atoms with Gasteiger partial charge in [-0.25, -0.2) is 9.59 Å². The summed E-state index contributed by atoms with van der Waals surface area (Å²) in [6.45, 7) is 1.83. The van der Waals surface area contributed by atoms with E-state index >= 15 is 0 Å². The van der Waals surface area contributed by atoms with Crippen molar-refractivity contribution in [3.05, 3.63) is 75.5 Å². The standard InChI is InChI=1S/C21H21N3O6S/c1-3-30-20(25)18-17(12-31-16-9-7-15(29-2)8-10-16)22-21(26)23-19(18)13-5-4-6-14(11-13)24(27)28/h4-11,19H,3,12H2,1-2H3,(H2,22,23,26)/t19-/m0/s1. The lowest BCUT2D eigenvalue weighted by Crippen LogP contribution is -2.46. The zero-order chi connectivity index (χ0) is 22.4. The van der Waals surface area contributed by atoms with Crippen molar-refractivity contribution in [3.8, 4) is 5.75 Å². The van der Waals surface area contributed by atoms with E-state index in [0.29, 0.717) is 17.0 Å². The van der Waals surface area contributed by atoms with Crippen LogP contribution in [0.25, 0.3) is 0 Å². The van der Waals surface area contributed by atoms with Gasteiger partial charge >= 0.3 is 12.0 Å². The number of esters is 1. The Hall–Kier alpha value is -3.53. The second kappa shape index (κ2) is 9.98. The molecule has 0 saturated heterocycles. The molecule has 0 aliphatic carbocycles. The summed E-state index contributed by atoms with van der Waals surface area (Å²) in [7, 11) is 1.58. The molecule has 162 valence electrons. The minimum Gasteiger partial charge on any atom is -0.497 e. The molecule has 1 heterocycles. The van der Waals surface area contributed by atoms with Gasteiger partial charge in [0.05, 0.1) is 30.3 Å². The number of methoxy groups -OCH3 is 1. The number of nitro groups is 1. The van der Waals surface area contributed by atoms with E-state index in [1.54, 1.807) is 20.1 Å². The lowest BCUT2D eigenvalue weighted by molar-refractivity contribution is -0.384. The molecule has 2 aromatic rings. The van der Waals surface area contributed by atoms with Crippen molar-refractivity contribution in [3.63, 3.8) is 0 Å². The van der Waals surface area contributed by atoms with Gasteiger partial charge in [0, 0.05) is 28.5 Å². The van der Waals surface area contributed by atoms with Crippen LogP contribution in [0, 0.1) is 10.1 Å². The predicted octanol–water partition coefficient (Wildman–Crippen LogP) is 3.57. The number of carbonyl (C=O) groups is 2. The fourth-order valence-electron chi connectivity index (χ4n) is 3.08. The molecule has 2 amide bonds. The van der Waals surface area contributed by atoms with Crippen molar-refractivity contribution in [1.82, 2.24) is 10.6 Å². The number of nitro benzene ring substituents is 1. The Kier molecular flexibility index (Phi) is 7.14. The van der Waals surface area contributed by atoms with Gasteiger partial charge in [0.25, 0.3) is 5.69 Å². The number of amides is 2. The molecular formula is C21H21N3O6S. The summed E-state index contributed by atoms with van der Waals surface area (Å²) in [5.74, 6) is 0.410. The van der Waals surface area contributed by atoms with E-state index in [1.807, 2.05) is 24.3 Å². The van der Waals surface area contributed by atoms with E-state index in [1.165, 1.54) is 30.0 Å². The van der Waals surface area contributed by atoms with Crippen LogP contribution in [-0.2, 0) is 9.53 Å². The van der Waals surface area contributed by atoms with E-state index in [-0.39, 0.29) is 17.9 Å². The van der Waals surface area contributed by atoms with Crippen LogP contribution in [0.15, 0.2) is 64.7 Å². The van der Waals surface area contributed by atoms with Gasteiger partial charge in [-0.05, 0) is 36.8 Å². The highest BCUT2D eigenvalue weighted by molar-refractivity contribution is 7.99.